The summed E-state index contributed by atoms with van der Waals surface area (Å²) in [7, 11) is 0. The van der Waals surface area contributed by atoms with Gasteiger partial charge in [-0.3, -0.25) is 4.79 Å². The number of rotatable bonds is 10. The van der Waals surface area contributed by atoms with Crippen molar-refractivity contribution in [3.63, 3.8) is 0 Å². The number of amides is 1. The van der Waals surface area contributed by atoms with E-state index in [4.69, 9.17) is 9.47 Å². The van der Waals surface area contributed by atoms with Gasteiger partial charge < -0.3 is 9.47 Å². The van der Waals surface area contributed by atoms with Crippen LogP contribution in [-0.4, -0.2) is 18.2 Å². The van der Waals surface area contributed by atoms with Crippen molar-refractivity contribution in [3.8, 4) is 11.5 Å². The first-order valence-electron chi connectivity index (χ1n) is 9.40. The molecule has 144 valence electrons. The minimum absolute atomic E-state index is 0.204. The standard InChI is InChI=1S/C22H28N2O3/c1-4-6-7-17(3)23-24-22(25)19-10-8-18(9-11-19)16-27-21-14-12-20(13-15-21)26-5-2/h8-15H,4-7,16H2,1-3H3,(H,24,25)/b23-17-. The molecule has 1 amide bonds. The maximum absolute atomic E-state index is 12.1. The number of carbonyl (C=O) groups excluding carboxylic acids is 1. The van der Waals surface area contributed by atoms with Gasteiger partial charge in [-0.25, -0.2) is 5.43 Å². The van der Waals surface area contributed by atoms with Crippen LogP contribution in [0.25, 0.3) is 0 Å². The van der Waals surface area contributed by atoms with Gasteiger partial charge in [-0.1, -0.05) is 25.5 Å². The topological polar surface area (TPSA) is 59.9 Å². The van der Waals surface area contributed by atoms with Crippen LogP contribution >= 0.6 is 0 Å². The highest BCUT2D eigenvalue weighted by Gasteiger charge is 2.05. The van der Waals surface area contributed by atoms with Crippen LogP contribution in [-0.2, 0) is 6.61 Å². The molecule has 2 aromatic carbocycles. The highest BCUT2D eigenvalue weighted by Crippen LogP contribution is 2.18. The highest BCUT2D eigenvalue weighted by atomic mass is 16.5. The van der Waals surface area contributed by atoms with Gasteiger partial charge in [0.2, 0.25) is 0 Å². The van der Waals surface area contributed by atoms with Gasteiger partial charge in [-0.15, -0.1) is 0 Å². The van der Waals surface area contributed by atoms with Crippen LogP contribution in [0.2, 0.25) is 0 Å². The number of hydrogen-bond donors (Lipinski definition) is 1. The number of benzene rings is 2. The Bertz CT molecular complexity index is 737. The van der Waals surface area contributed by atoms with Crippen LogP contribution in [0.1, 0.15) is 56.0 Å². The van der Waals surface area contributed by atoms with Crippen molar-refractivity contribution in [2.45, 2.75) is 46.6 Å². The molecule has 0 aromatic heterocycles. The van der Waals surface area contributed by atoms with Gasteiger partial charge >= 0.3 is 0 Å². The van der Waals surface area contributed by atoms with Gasteiger partial charge in [0.15, 0.2) is 0 Å². The minimum Gasteiger partial charge on any atom is -0.494 e. The molecule has 0 heterocycles. The molecule has 0 spiro atoms. The van der Waals surface area contributed by atoms with Gasteiger partial charge in [0, 0.05) is 11.3 Å². The molecular weight excluding hydrogens is 340 g/mol. The Morgan fingerprint density at radius 2 is 1.59 bits per heavy atom. The normalized spacial score (nSPS) is 11.1. The van der Waals surface area contributed by atoms with E-state index < -0.39 is 0 Å². The molecule has 0 saturated carbocycles. The Morgan fingerprint density at radius 1 is 0.963 bits per heavy atom. The molecule has 0 unspecified atom stereocenters. The fraction of sp³-hybridized carbons (Fsp3) is 0.364. The van der Waals surface area contributed by atoms with Crippen molar-refractivity contribution in [3.05, 3.63) is 59.7 Å². The third-order valence-corrected chi connectivity index (χ3v) is 4.00. The summed E-state index contributed by atoms with van der Waals surface area (Å²) in [6.07, 6.45) is 3.09. The lowest BCUT2D eigenvalue weighted by Gasteiger charge is -2.08. The monoisotopic (exact) mass is 368 g/mol. The SMILES string of the molecule is CCCC/C(C)=N\NC(=O)c1ccc(COc2ccc(OCC)cc2)cc1. The maximum Gasteiger partial charge on any atom is 0.271 e. The van der Waals surface area contributed by atoms with Crippen molar-refractivity contribution >= 4 is 11.6 Å². The summed E-state index contributed by atoms with van der Waals surface area (Å²) in [6.45, 7) is 7.09. The van der Waals surface area contributed by atoms with E-state index in [1.165, 1.54) is 0 Å². The number of nitrogens with one attached hydrogen (secondary N) is 1. The number of nitrogens with zero attached hydrogens (tertiary/aromatic N) is 1. The Hall–Kier alpha value is -2.82. The number of hydrogen-bond acceptors (Lipinski definition) is 4. The Labute approximate surface area is 161 Å². The van der Waals surface area contributed by atoms with Crippen LogP contribution in [0.15, 0.2) is 53.6 Å². The zero-order valence-corrected chi connectivity index (χ0v) is 16.3. The zero-order chi connectivity index (χ0) is 19.5. The third-order valence-electron chi connectivity index (χ3n) is 4.00. The second-order valence-electron chi connectivity index (χ2n) is 6.28. The van der Waals surface area contributed by atoms with E-state index in [9.17, 15) is 4.79 Å². The van der Waals surface area contributed by atoms with Crippen LogP contribution in [0.3, 0.4) is 0 Å². The summed E-state index contributed by atoms with van der Waals surface area (Å²) in [6, 6.07) is 14.9. The average Bonchev–Trinajstić information content (AvgIpc) is 2.70. The highest BCUT2D eigenvalue weighted by molar-refractivity contribution is 5.95. The second-order valence-corrected chi connectivity index (χ2v) is 6.28. The first kappa shape index (κ1) is 20.5. The molecule has 5 nitrogen and oxygen atoms in total. The zero-order valence-electron chi connectivity index (χ0n) is 16.3. The molecule has 0 aliphatic heterocycles. The molecular formula is C22H28N2O3. The van der Waals surface area contributed by atoms with Crippen molar-refractivity contribution in [2.24, 2.45) is 5.10 Å². The van der Waals surface area contributed by atoms with Gasteiger partial charge in [-0.05, 0) is 68.7 Å². The predicted octanol–water partition coefficient (Wildman–Crippen LogP) is 4.96. The number of carbonyl (C=O) groups is 1. The maximum atomic E-state index is 12.1. The van der Waals surface area contributed by atoms with Gasteiger partial charge in [-0.2, -0.15) is 5.10 Å². The summed E-state index contributed by atoms with van der Waals surface area (Å²) < 4.78 is 11.2. The minimum atomic E-state index is -0.204. The smallest absolute Gasteiger partial charge is 0.271 e. The van der Waals surface area contributed by atoms with Crippen LogP contribution in [0, 0.1) is 0 Å². The van der Waals surface area contributed by atoms with Crippen LogP contribution in [0.4, 0.5) is 0 Å². The summed E-state index contributed by atoms with van der Waals surface area (Å²) >= 11 is 0. The number of ether oxygens (including phenoxy) is 2. The Kier molecular flexibility index (Phi) is 8.36. The molecule has 0 atom stereocenters. The van der Waals surface area contributed by atoms with Gasteiger partial charge in [0.25, 0.3) is 5.91 Å². The fourth-order valence-corrected chi connectivity index (χ4v) is 2.42. The molecule has 2 aromatic rings. The molecule has 1 N–H and O–H groups in total. The fourth-order valence-electron chi connectivity index (χ4n) is 2.42. The van der Waals surface area contributed by atoms with Crippen molar-refractivity contribution < 1.29 is 14.3 Å². The van der Waals surface area contributed by atoms with Crippen LogP contribution < -0.4 is 14.9 Å². The van der Waals surface area contributed by atoms with Gasteiger partial charge in [0.1, 0.15) is 18.1 Å². The summed E-state index contributed by atoms with van der Waals surface area (Å²) in [4.78, 5) is 12.1. The molecule has 0 radical (unpaired) electrons. The quantitative estimate of drug-likeness (QED) is 0.476. The predicted molar refractivity (Wildman–Crippen MR) is 108 cm³/mol. The average molecular weight is 368 g/mol. The molecule has 5 heteroatoms. The molecule has 0 bridgehead atoms. The van der Waals surface area contributed by atoms with Gasteiger partial charge in [0.05, 0.1) is 6.61 Å². The summed E-state index contributed by atoms with van der Waals surface area (Å²) in [5, 5.41) is 4.14. The summed E-state index contributed by atoms with van der Waals surface area (Å²) in [5.41, 5.74) is 5.11. The molecule has 2 rings (SSSR count). The van der Waals surface area contributed by atoms with Crippen LogP contribution in [0.5, 0.6) is 11.5 Å². The molecule has 0 aliphatic carbocycles. The first-order valence-corrected chi connectivity index (χ1v) is 9.40. The Morgan fingerprint density at radius 3 is 2.19 bits per heavy atom. The molecule has 0 saturated heterocycles. The van der Waals surface area contributed by atoms with E-state index in [1.807, 2.05) is 50.2 Å². The van der Waals surface area contributed by atoms with Crippen molar-refractivity contribution in [1.82, 2.24) is 5.43 Å². The lowest BCUT2D eigenvalue weighted by Crippen LogP contribution is -2.19. The van der Waals surface area contributed by atoms with E-state index in [2.05, 4.69) is 17.5 Å². The van der Waals surface area contributed by atoms with Crippen molar-refractivity contribution in [1.29, 1.82) is 0 Å². The Balaban J connectivity index is 1.84. The lowest BCUT2D eigenvalue weighted by atomic mass is 10.1. The third kappa shape index (κ3) is 7.13. The largest absolute Gasteiger partial charge is 0.494 e. The van der Waals surface area contributed by atoms with E-state index in [-0.39, 0.29) is 5.91 Å². The van der Waals surface area contributed by atoms with E-state index in [0.717, 1.165) is 42.0 Å². The molecule has 0 aliphatic rings. The second kappa shape index (κ2) is 11.0. The molecule has 0 fully saturated rings. The number of hydrazone groups is 1. The first-order chi connectivity index (χ1) is 13.1. The molecule has 27 heavy (non-hydrogen) atoms. The summed E-state index contributed by atoms with van der Waals surface area (Å²) in [5.74, 6) is 1.40. The van der Waals surface area contributed by atoms with Crippen molar-refractivity contribution in [2.75, 3.05) is 6.61 Å². The van der Waals surface area contributed by atoms with E-state index in [1.54, 1.807) is 12.1 Å². The van der Waals surface area contributed by atoms with E-state index >= 15 is 0 Å². The van der Waals surface area contributed by atoms with E-state index in [0.29, 0.717) is 18.8 Å². The lowest BCUT2D eigenvalue weighted by molar-refractivity contribution is 0.0954. The number of unbranched alkanes of at least 4 members (excludes halogenated alkanes) is 1.